The van der Waals surface area contributed by atoms with Crippen molar-refractivity contribution in [2.24, 2.45) is 0 Å². The molecule has 3 rings (SSSR count). The van der Waals surface area contributed by atoms with Crippen LogP contribution in [-0.2, 0) is 20.6 Å². The van der Waals surface area contributed by atoms with E-state index < -0.39 is 15.9 Å². The molecule has 2 aromatic carbocycles. The van der Waals surface area contributed by atoms with Crippen molar-refractivity contribution < 1.29 is 17.6 Å². The van der Waals surface area contributed by atoms with Gasteiger partial charge in [-0.1, -0.05) is 29.3 Å². The summed E-state index contributed by atoms with van der Waals surface area (Å²) in [5.41, 5.74) is 0.302. The number of carbonyl (C=O) groups is 1. The molecule has 0 aliphatic heterocycles. The number of rotatable bonds is 11. The number of sulfonamides is 1. The van der Waals surface area contributed by atoms with Crippen molar-refractivity contribution in [1.29, 1.82) is 0 Å². The van der Waals surface area contributed by atoms with Gasteiger partial charge in [0.2, 0.25) is 5.91 Å². The van der Waals surface area contributed by atoms with Gasteiger partial charge in [0, 0.05) is 16.6 Å². The summed E-state index contributed by atoms with van der Waals surface area (Å²) < 4.78 is 32.9. The summed E-state index contributed by atoms with van der Waals surface area (Å²) in [5, 5.41) is 3.57. The first-order valence-corrected chi connectivity index (χ1v) is 13.1. The number of halogens is 2. The van der Waals surface area contributed by atoms with E-state index in [1.807, 2.05) is 12.1 Å². The van der Waals surface area contributed by atoms with E-state index in [2.05, 4.69) is 5.32 Å². The number of anilines is 1. The van der Waals surface area contributed by atoms with E-state index in [0.29, 0.717) is 22.3 Å². The Labute approximate surface area is 201 Å². The molecular formula is C22H22Cl2N2O4S2. The van der Waals surface area contributed by atoms with Crippen LogP contribution in [0, 0.1) is 0 Å². The van der Waals surface area contributed by atoms with E-state index in [-0.39, 0.29) is 11.4 Å². The summed E-state index contributed by atoms with van der Waals surface area (Å²) in [6, 6.07) is 15.9. The van der Waals surface area contributed by atoms with Gasteiger partial charge in [-0.05, 0) is 66.8 Å². The third-order valence-electron chi connectivity index (χ3n) is 4.40. The number of hydrogen-bond acceptors (Lipinski definition) is 5. The summed E-state index contributed by atoms with van der Waals surface area (Å²) in [5.74, 6) is 2.10. The van der Waals surface area contributed by atoms with Gasteiger partial charge in [-0.25, -0.2) is 8.42 Å². The Morgan fingerprint density at radius 3 is 2.50 bits per heavy atom. The lowest BCUT2D eigenvalue weighted by Crippen LogP contribution is -2.41. The Balaban J connectivity index is 1.62. The smallest absolute Gasteiger partial charge is 0.264 e. The van der Waals surface area contributed by atoms with Crippen molar-refractivity contribution in [3.8, 4) is 0 Å². The maximum absolute atomic E-state index is 13.3. The molecule has 1 aromatic heterocycles. The molecule has 0 saturated heterocycles. The normalized spacial score (nSPS) is 11.3. The van der Waals surface area contributed by atoms with Crippen molar-refractivity contribution in [2.45, 2.75) is 17.1 Å². The molecule has 0 bridgehead atoms. The predicted molar refractivity (Wildman–Crippen MR) is 130 cm³/mol. The maximum Gasteiger partial charge on any atom is 0.264 e. The van der Waals surface area contributed by atoms with Gasteiger partial charge in [-0.3, -0.25) is 9.10 Å². The number of carbonyl (C=O) groups excluding carboxylic acids is 1. The van der Waals surface area contributed by atoms with E-state index in [1.165, 1.54) is 30.3 Å². The van der Waals surface area contributed by atoms with Crippen molar-refractivity contribution in [2.75, 3.05) is 23.1 Å². The highest BCUT2D eigenvalue weighted by Crippen LogP contribution is 2.26. The molecule has 1 N–H and O–H groups in total. The monoisotopic (exact) mass is 512 g/mol. The Morgan fingerprint density at radius 1 is 1.03 bits per heavy atom. The van der Waals surface area contributed by atoms with Gasteiger partial charge >= 0.3 is 0 Å². The number of nitrogens with one attached hydrogen (secondary N) is 1. The molecule has 0 radical (unpaired) electrons. The number of amides is 1. The molecule has 0 spiro atoms. The summed E-state index contributed by atoms with van der Waals surface area (Å²) in [6.07, 6.45) is 2.39. The SMILES string of the molecule is O=C(CN(c1cccc(Cl)c1)S(=O)(=O)c1ccc(Cl)cc1)NCCCSCc1ccco1. The molecule has 0 atom stereocenters. The number of nitrogens with zero attached hydrogens (tertiary/aromatic N) is 1. The summed E-state index contributed by atoms with van der Waals surface area (Å²) >= 11 is 13.7. The molecule has 0 aliphatic carbocycles. The highest BCUT2D eigenvalue weighted by atomic mass is 35.5. The van der Waals surface area contributed by atoms with Gasteiger partial charge in [-0.15, -0.1) is 0 Å². The van der Waals surface area contributed by atoms with E-state index in [9.17, 15) is 13.2 Å². The minimum Gasteiger partial charge on any atom is -0.468 e. The molecule has 32 heavy (non-hydrogen) atoms. The predicted octanol–water partition coefficient (Wildman–Crippen LogP) is 5.22. The first kappa shape index (κ1) is 24.5. The Hall–Kier alpha value is -2.13. The van der Waals surface area contributed by atoms with Crippen LogP contribution in [0.1, 0.15) is 12.2 Å². The van der Waals surface area contributed by atoms with Gasteiger partial charge in [0.1, 0.15) is 12.3 Å². The largest absolute Gasteiger partial charge is 0.468 e. The van der Waals surface area contributed by atoms with Crippen LogP contribution in [0.5, 0.6) is 0 Å². The Kier molecular flexibility index (Phi) is 8.92. The van der Waals surface area contributed by atoms with Gasteiger partial charge in [0.25, 0.3) is 10.0 Å². The minimum atomic E-state index is -4.01. The van der Waals surface area contributed by atoms with Crippen molar-refractivity contribution >= 4 is 56.6 Å². The van der Waals surface area contributed by atoms with Crippen LogP contribution in [0.25, 0.3) is 0 Å². The third kappa shape index (κ3) is 6.93. The second-order valence-corrected chi connectivity index (χ2v) is 10.6. The number of thioether (sulfide) groups is 1. The average molecular weight is 513 g/mol. The van der Waals surface area contributed by atoms with Crippen LogP contribution >= 0.6 is 35.0 Å². The van der Waals surface area contributed by atoms with Crippen LogP contribution in [0.4, 0.5) is 5.69 Å². The maximum atomic E-state index is 13.3. The van der Waals surface area contributed by atoms with Gasteiger partial charge < -0.3 is 9.73 Å². The number of hydrogen-bond donors (Lipinski definition) is 1. The molecule has 3 aromatic rings. The van der Waals surface area contributed by atoms with Crippen molar-refractivity contribution in [3.05, 3.63) is 82.7 Å². The molecular weight excluding hydrogens is 491 g/mol. The third-order valence-corrected chi connectivity index (χ3v) is 7.74. The van der Waals surface area contributed by atoms with E-state index in [4.69, 9.17) is 27.6 Å². The van der Waals surface area contributed by atoms with E-state index in [0.717, 1.165) is 28.0 Å². The van der Waals surface area contributed by atoms with Gasteiger partial charge in [0.15, 0.2) is 0 Å². The van der Waals surface area contributed by atoms with Gasteiger partial charge in [0.05, 0.1) is 22.6 Å². The zero-order chi connectivity index (χ0) is 23.0. The average Bonchev–Trinajstić information content (AvgIpc) is 3.28. The zero-order valence-electron chi connectivity index (χ0n) is 17.0. The Morgan fingerprint density at radius 2 is 1.81 bits per heavy atom. The standard InChI is InChI=1S/C22H22Cl2N2O4S2/c23-17-7-9-21(10-8-17)32(28,29)26(19-5-1-4-18(24)14-19)15-22(27)25-11-3-13-31-16-20-6-2-12-30-20/h1-2,4-10,12,14H,3,11,13,15-16H2,(H,25,27). The molecule has 0 aliphatic rings. The molecule has 1 heterocycles. The lowest BCUT2D eigenvalue weighted by Gasteiger charge is -2.24. The molecule has 10 heteroatoms. The van der Waals surface area contributed by atoms with Crippen LogP contribution in [0.15, 0.2) is 76.2 Å². The van der Waals surface area contributed by atoms with Crippen LogP contribution in [0.3, 0.4) is 0 Å². The van der Waals surface area contributed by atoms with Crippen molar-refractivity contribution in [1.82, 2.24) is 5.32 Å². The first-order valence-electron chi connectivity index (χ1n) is 9.77. The lowest BCUT2D eigenvalue weighted by molar-refractivity contribution is -0.119. The van der Waals surface area contributed by atoms with Crippen molar-refractivity contribution in [3.63, 3.8) is 0 Å². The van der Waals surface area contributed by atoms with Crippen LogP contribution in [-0.4, -0.2) is 33.2 Å². The fraction of sp³-hybridized carbons (Fsp3) is 0.227. The van der Waals surface area contributed by atoms with E-state index >= 15 is 0 Å². The quantitative estimate of drug-likeness (QED) is 0.356. The molecule has 0 saturated carbocycles. The number of furan rings is 1. The van der Waals surface area contributed by atoms with Gasteiger partial charge in [-0.2, -0.15) is 11.8 Å². The molecule has 0 fully saturated rings. The summed E-state index contributed by atoms with van der Waals surface area (Å²) in [7, 11) is -4.01. The second kappa shape index (κ2) is 11.7. The molecule has 6 nitrogen and oxygen atoms in total. The molecule has 1 amide bonds. The Bertz CT molecular complexity index is 1120. The second-order valence-electron chi connectivity index (χ2n) is 6.78. The highest BCUT2D eigenvalue weighted by molar-refractivity contribution is 7.98. The number of benzene rings is 2. The lowest BCUT2D eigenvalue weighted by atomic mass is 10.3. The fourth-order valence-corrected chi connectivity index (χ4v) is 5.42. The highest BCUT2D eigenvalue weighted by Gasteiger charge is 2.27. The molecule has 0 unspecified atom stereocenters. The van der Waals surface area contributed by atoms with E-state index in [1.54, 1.807) is 36.2 Å². The summed E-state index contributed by atoms with van der Waals surface area (Å²) in [4.78, 5) is 12.6. The summed E-state index contributed by atoms with van der Waals surface area (Å²) in [6.45, 7) is 0.0687. The minimum absolute atomic E-state index is 0.0315. The first-order chi connectivity index (χ1) is 15.4. The zero-order valence-corrected chi connectivity index (χ0v) is 20.2. The fourth-order valence-electron chi connectivity index (χ4n) is 2.84. The molecule has 170 valence electrons. The van der Waals surface area contributed by atoms with Crippen LogP contribution < -0.4 is 9.62 Å². The topological polar surface area (TPSA) is 79.6 Å². The van der Waals surface area contributed by atoms with Crippen LogP contribution in [0.2, 0.25) is 10.0 Å².